The molecular weight excluding hydrogens is 268 g/mol. The first-order chi connectivity index (χ1) is 10.3. The molecule has 1 aromatic heterocycles. The van der Waals surface area contributed by atoms with Crippen molar-refractivity contribution in [2.75, 3.05) is 13.1 Å². The highest BCUT2D eigenvalue weighted by Crippen LogP contribution is 2.26. The molecule has 21 heavy (non-hydrogen) atoms. The summed E-state index contributed by atoms with van der Waals surface area (Å²) in [5, 5.41) is 14.5. The van der Waals surface area contributed by atoms with Gasteiger partial charge < -0.3 is 9.88 Å². The Labute approximate surface area is 123 Å². The third kappa shape index (κ3) is 2.95. The summed E-state index contributed by atoms with van der Waals surface area (Å²) >= 11 is 0. The maximum absolute atomic E-state index is 11.1. The van der Waals surface area contributed by atoms with Crippen molar-refractivity contribution in [2.45, 2.75) is 25.3 Å². The Kier molecular flexibility index (Phi) is 3.96. The van der Waals surface area contributed by atoms with Gasteiger partial charge in [0.25, 0.3) is 5.69 Å². The van der Waals surface area contributed by atoms with Crippen LogP contribution in [0.1, 0.15) is 30.0 Å². The number of imidazole rings is 1. The highest BCUT2D eigenvalue weighted by molar-refractivity contribution is 5.40. The Hall–Kier alpha value is -2.21. The van der Waals surface area contributed by atoms with Crippen LogP contribution in [0.5, 0.6) is 0 Å². The standard InChI is InChI=1S/C15H18N4O2/c20-19(21)14-4-2-1-3-13(14)10-18-11-17-9-15(18)12-5-7-16-8-6-12/h1-4,9,11-12,16H,5-8,10H2. The number of nitrogens with zero attached hydrogens (tertiary/aromatic N) is 3. The molecule has 110 valence electrons. The van der Waals surface area contributed by atoms with E-state index in [9.17, 15) is 10.1 Å². The number of nitrogens with one attached hydrogen (secondary N) is 1. The minimum Gasteiger partial charge on any atom is -0.330 e. The van der Waals surface area contributed by atoms with Crippen molar-refractivity contribution in [1.82, 2.24) is 14.9 Å². The van der Waals surface area contributed by atoms with Crippen molar-refractivity contribution in [3.63, 3.8) is 0 Å². The lowest BCUT2D eigenvalue weighted by atomic mass is 9.95. The SMILES string of the molecule is O=[N+]([O-])c1ccccc1Cn1cncc1C1CCNCC1. The normalized spacial score (nSPS) is 16.0. The Balaban J connectivity index is 1.86. The van der Waals surface area contributed by atoms with Crippen LogP contribution in [0, 0.1) is 10.1 Å². The van der Waals surface area contributed by atoms with Gasteiger partial charge in [-0.25, -0.2) is 4.98 Å². The van der Waals surface area contributed by atoms with Crippen LogP contribution in [0.4, 0.5) is 5.69 Å². The highest BCUT2D eigenvalue weighted by Gasteiger charge is 2.20. The zero-order valence-electron chi connectivity index (χ0n) is 11.7. The van der Waals surface area contributed by atoms with E-state index >= 15 is 0 Å². The van der Waals surface area contributed by atoms with Crippen molar-refractivity contribution in [3.8, 4) is 0 Å². The predicted molar refractivity (Wildman–Crippen MR) is 79.3 cm³/mol. The maximum atomic E-state index is 11.1. The molecule has 1 N–H and O–H groups in total. The van der Waals surface area contributed by atoms with E-state index in [1.165, 1.54) is 5.69 Å². The van der Waals surface area contributed by atoms with Gasteiger partial charge >= 0.3 is 0 Å². The summed E-state index contributed by atoms with van der Waals surface area (Å²) in [6.07, 6.45) is 5.84. The first-order valence-electron chi connectivity index (χ1n) is 7.19. The molecule has 1 saturated heterocycles. The minimum atomic E-state index is -0.323. The third-order valence-electron chi connectivity index (χ3n) is 4.03. The summed E-state index contributed by atoms with van der Waals surface area (Å²) in [6, 6.07) is 6.90. The van der Waals surface area contributed by atoms with Crippen molar-refractivity contribution >= 4 is 5.69 Å². The Morgan fingerprint density at radius 2 is 2.10 bits per heavy atom. The maximum Gasteiger partial charge on any atom is 0.274 e. The second-order valence-electron chi connectivity index (χ2n) is 5.36. The largest absolute Gasteiger partial charge is 0.330 e. The van der Waals surface area contributed by atoms with Gasteiger partial charge in [-0.3, -0.25) is 10.1 Å². The molecule has 0 amide bonds. The molecule has 1 aliphatic rings. The molecule has 0 unspecified atom stereocenters. The molecule has 0 aliphatic carbocycles. The number of aromatic nitrogens is 2. The Morgan fingerprint density at radius 1 is 1.33 bits per heavy atom. The van der Waals surface area contributed by atoms with E-state index in [1.807, 2.05) is 22.9 Å². The van der Waals surface area contributed by atoms with Gasteiger partial charge in [0.2, 0.25) is 0 Å². The van der Waals surface area contributed by atoms with E-state index in [2.05, 4.69) is 10.3 Å². The molecule has 3 rings (SSSR count). The second kappa shape index (κ2) is 6.05. The van der Waals surface area contributed by atoms with Crippen LogP contribution >= 0.6 is 0 Å². The van der Waals surface area contributed by atoms with E-state index in [1.54, 1.807) is 18.5 Å². The Bertz CT molecular complexity index is 632. The van der Waals surface area contributed by atoms with Crippen LogP contribution in [0.25, 0.3) is 0 Å². The van der Waals surface area contributed by atoms with Crippen molar-refractivity contribution < 1.29 is 4.92 Å². The van der Waals surface area contributed by atoms with Crippen LogP contribution in [0.2, 0.25) is 0 Å². The number of para-hydroxylation sites is 1. The zero-order chi connectivity index (χ0) is 14.7. The lowest BCUT2D eigenvalue weighted by Gasteiger charge is -2.23. The summed E-state index contributed by atoms with van der Waals surface area (Å²) in [5.41, 5.74) is 2.06. The lowest BCUT2D eigenvalue weighted by Crippen LogP contribution is -2.27. The molecule has 0 radical (unpaired) electrons. The molecule has 0 atom stereocenters. The van der Waals surface area contributed by atoms with Gasteiger partial charge in [-0.1, -0.05) is 18.2 Å². The number of hydrogen-bond acceptors (Lipinski definition) is 4. The molecule has 2 heterocycles. The van der Waals surface area contributed by atoms with Gasteiger partial charge in [-0.15, -0.1) is 0 Å². The van der Waals surface area contributed by atoms with Gasteiger partial charge in [0.15, 0.2) is 0 Å². The molecule has 0 saturated carbocycles. The highest BCUT2D eigenvalue weighted by atomic mass is 16.6. The van der Waals surface area contributed by atoms with Crippen molar-refractivity contribution in [3.05, 3.63) is 58.2 Å². The fraction of sp³-hybridized carbons (Fsp3) is 0.400. The molecule has 0 spiro atoms. The van der Waals surface area contributed by atoms with Gasteiger partial charge in [-0.05, 0) is 25.9 Å². The quantitative estimate of drug-likeness (QED) is 0.691. The van der Waals surface area contributed by atoms with Crippen molar-refractivity contribution in [2.24, 2.45) is 0 Å². The van der Waals surface area contributed by atoms with E-state index in [0.717, 1.165) is 31.5 Å². The molecular formula is C15H18N4O2. The van der Waals surface area contributed by atoms with Gasteiger partial charge in [0.1, 0.15) is 0 Å². The molecule has 1 aromatic carbocycles. The number of nitro benzene ring substituents is 1. The molecule has 1 aliphatic heterocycles. The minimum absolute atomic E-state index is 0.169. The van der Waals surface area contributed by atoms with Gasteiger partial charge in [-0.2, -0.15) is 0 Å². The molecule has 6 nitrogen and oxygen atoms in total. The molecule has 1 fully saturated rings. The van der Waals surface area contributed by atoms with Crippen LogP contribution in [-0.4, -0.2) is 27.6 Å². The van der Waals surface area contributed by atoms with Gasteiger partial charge in [0.05, 0.1) is 17.8 Å². The first-order valence-corrected chi connectivity index (χ1v) is 7.19. The number of piperidine rings is 1. The topological polar surface area (TPSA) is 73.0 Å². The average Bonchev–Trinajstić information content (AvgIpc) is 2.96. The monoisotopic (exact) mass is 286 g/mol. The molecule has 6 heteroatoms. The van der Waals surface area contributed by atoms with Crippen LogP contribution < -0.4 is 5.32 Å². The van der Waals surface area contributed by atoms with E-state index < -0.39 is 0 Å². The van der Waals surface area contributed by atoms with Gasteiger partial charge in [0, 0.05) is 29.4 Å². The van der Waals surface area contributed by atoms with Crippen molar-refractivity contribution in [1.29, 1.82) is 0 Å². The van der Waals surface area contributed by atoms with E-state index in [0.29, 0.717) is 12.5 Å². The summed E-state index contributed by atoms with van der Waals surface area (Å²) in [7, 11) is 0. The summed E-state index contributed by atoms with van der Waals surface area (Å²) in [6.45, 7) is 2.53. The first kappa shape index (κ1) is 13.8. The summed E-state index contributed by atoms with van der Waals surface area (Å²) < 4.78 is 2.04. The van der Waals surface area contributed by atoms with E-state index in [-0.39, 0.29) is 10.6 Å². The molecule has 2 aromatic rings. The van der Waals surface area contributed by atoms with E-state index in [4.69, 9.17) is 0 Å². The zero-order valence-corrected chi connectivity index (χ0v) is 11.7. The predicted octanol–water partition coefficient (Wildman–Crippen LogP) is 2.31. The van der Waals surface area contributed by atoms with Crippen LogP contribution in [0.15, 0.2) is 36.8 Å². The Morgan fingerprint density at radius 3 is 2.86 bits per heavy atom. The van der Waals surface area contributed by atoms with Crippen LogP contribution in [0.3, 0.4) is 0 Å². The summed E-state index contributed by atoms with van der Waals surface area (Å²) in [5.74, 6) is 0.483. The number of benzene rings is 1. The second-order valence-corrected chi connectivity index (χ2v) is 5.36. The number of rotatable bonds is 4. The average molecular weight is 286 g/mol. The fourth-order valence-corrected chi connectivity index (χ4v) is 2.93. The van der Waals surface area contributed by atoms with Crippen LogP contribution in [-0.2, 0) is 6.54 Å². The fourth-order valence-electron chi connectivity index (χ4n) is 2.93. The molecule has 0 bridgehead atoms. The smallest absolute Gasteiger partial charge is 0.274 e. The number of nitro groups is 1. The lowest BCUT2D eigenvalue weighted by molar-refractivity contribution is -0.385. The summed E-state index contributed by atoms with van der Waals surface area (Å²) in [4.78, 5) is 15.0. The number of hydrogen-bond donors (Lipinski definition) is 1. The third-order valence-corrected chi connectivity index (χ3v) is 4.03.